The van der Waals surface area contributed by atoms with E-state index in [0.29, 0.717) is 33.3 Å². The van der Waals surface area contributed by atoms with Gasteiger partial charge < -0.3 is 0 Å². The largest absolute Gasteiger partial charge is 0.427 e. The molecule has 0 saturated heterocycles. The lowest BCUT2D eigenvalue weighted by Gasteiger charge is -2.18. The van der Waals surface area contributed by atoms with Crippen molar-refractivity contribution in [1.29, 1.82) is 0 Å². The molecule has 23 heavy (non-hydrogen) atoms. The van der Waals surface area contributed by atoms with Crippen molar-refractivity contribution in [1.82, 2.24) is 9.88 Å². The summed E-state index contributed by atoms with van der Waals surface area (Å²) in [6.07, 6.45) is -3.58. The van der Waals surface area contributed by atoms with Crippen LogP contribution < -0.4 is 0 Å². The molecule has 4 nitrogen and oxygen atoms in total. The summed E-state index contributed by atoms with van der Waals surface area (Å²) in [5.41, 5.74) is 0.664. The van der Waals surface area contributed by atoms with Crippen molar-refractivity contribution in [2.75, 3.05) is 12.3 Å². The first-order valence-corrected chi connectivity index (χ1v) is 9.27. The quantitative estimate of drug-likeness (QED) is 0.824. The zero-order valence-electron chi connectivity index (χ0n) is 11.9. The normalized spacial score (nSPS) is 18.4. The Bertz CT molecular complexity index is 815. The van der Waals surface area contributed by atoms with Crippen LogP contribution >= 0.6 is 11.3 Å². The average Bonchev–Trinajstić information content (AvgIpc) is 2.89. The first kappa shape index (κ1) is 16.4. The van der Waals surface area contributed by atoms with Gasteiger partial charge in [0.15, 0.2) is 9.84 Å². The van der Waals surface area contributed by atoms with Gasteiger partial charge in [-0.3, -0.25) is 4.90 Å². The van der Waals surface area contributed by atoms with Gasteiger partial charge in [-0.2, -0.15) is 13.2 Å². The lowest BCUT2D eigenvalue weighted by molar-refractivity contribution is -0.134. The molecular weight excluding hydrogens is 349 g/mol. The molecule has 0 aliphatic carbocycles. The van der Waals surface area contributed by atoms with E-state index in [0.717, 1.165) is 6.20 Å². The molecule has 0 N–H and O–H groups in total. The van der Waals surface area contributed by atoms with Gasteiger partial charge in [-0.1, -0.05) is 18.2 Å². The standard InChI is InChI=1S/C14H13F3N2O2S2/c15-14(16,17)12-7-18-13(22-12)9-19-5-6-23(20,21)11-4-2-1-3-10(11)8-19/h1-4,7H,5-6,8-9H2. The lowest BCUT2D eigenvalue weighted by Crippen LogP contribution is -2.25. The Morgan fingerprint density at radius 3 is 2.70 bits per heavy atom. The van der Waals surface area contributed by atoms with Crippen LogP contribution in [0.5, 0.6) is 0 Å². The van der Waals surface area contributed by atoms with Crippen LogP contribution in [0.4, 0.5) is 13.2 Å². The molecule has 9 heteroatoms. The molecule has 2 aromatic rings. The van der Waals surface area contributed by atoms with E-state index in [1.165, 1.54) is 0 Å². The lowest BCUT2D eigenvalue weighted by atomic mass is 10.2. The molecular formula is C14H13F3N2O2S2. The summed E-state index contributed by atoms with van der Waals surface area (Å²) in [5.74, 6) is -0.0541. The van der Waals surface area contributed by atoms with Gasteiger partial charge in [-0.15, -0.1) is 11.3 Å². The highest BCUT2D eigenvalue weighted by Crippen LogP contribution is 2.34. The fourth-order valence-corrected chi connectivity index (χ4v) is 4.82. The van der Waals surface area contributed by atoms with Crippen molar-refractivity contribution >= 4 is 21.2 Å². The number of halogens is 3. The maximum Gasteiger partial charge on any atom is 0.427 e. The molecule has 124 valence electrons. The number of nitrogens with zero attached hydrogens (tertiary/aromatic N) is 2. The van der Waals surface area contributed by atoms with Crippen LogP contribution in [0.2, 0.25) is 0 Å². The number of rotatable bonds is 2. The Morgan fingerprint density at radius 2 is 2.00 bits per heavy atom. The number of hydrogen-bond donors (Lipinski definition) is 0. The molecule has 0 bridgehead atoms. The predicted octanol–water partition coefficient (Wildman–Crippen LogP) is 2.95. The molecule has 0 saturated carbocycles. The Balaban J connectivity index is 1.82. The van der Waals surface area contributed by atoms with E-state index in [-0.39, 0.29) is 18.8 Å². The third-order valence-electron chi connectivity index (χ3n) is 3.57. The van der Waals surface area contributed by atoms with Crippen molar-refractivity contribution in [2.45, 2.75) is 24.2 Å². The molecule has 1 aromatic carbocycles. The number of benzene rings is 1. The second-order valence-corrected chi connectivity index (χ2v) is 8.45. The molecule has 0 radical (unpaired) electrons. The van der Waals surface area contributed by atoms with Gasteiger partial charge in [0.2, 0.25) is 0 Å². The van der Waals surface area contributed by atoms with E-state index in [1.807, 2.05) is 4.90 Å². The number of thiazole rings is 1. The molecule has 1 aliphatic heterocycles. The number of aromatic nitrogens is 1. The third-order valence-corrected chi connectivity index (χ3v) is 6.39. The fraction of sp³-hybridized carbons (Fsp3) is 0.357. The van der Waals surface area contributed by atoms with Gasteiger partial charge in [-0.05, 0) is 11.6 Å². The highest BCUT2D eigenvalue weighted by molar-refractivity contribution is 7.91. The fourth-order valence-electron chi connectivity index (χ4n) is 2.46. The first-order valence-electron chi connectivity index (χ1n) is 6.80. The zero-order valence-corrected chi connectivity index (χ0v) is 13.5. The molecule has 0 amide bonds. The predicted molar refractivity (Wildman–Crippen MR) is 79.7 cm³/mol. The monoisotopic (exact) mass is 362 g/mol. The molecule has 0 spiro atoms. The van der Waals surface area contributed by atoms with Crippen molar-refractivity contribution in [3.05, 3.63) is 45.9 Å². The first-order chi connectivity index (χ1) is 10.8. The summed E-state index contributed by atoms with van der Waals surface area (Å²) >= 11 is 0.594. The molecule has 2 heterocycles. The van der Waals surface area contributed by atoms with Crippen LogP contribution in [0.3, 0.4) is 0 Å². The maximum absolute atomic E-state index is 12.6. The van der Waals surface area contributed by atoms with Gasteiger partial charge in [0.05, 0.1) is 23.4 Å². The Kier molecular flexibility index (Phi) is 4.19. The Hall–Kier alpha value is -1.45. The summed E-state index contributed by atoms with van der Waals surface area (Å²) < 4.78 is 62.3. The summed E-state index contributed by atoms with van der Waals surface area (Å²) in [7, 11) is -3.36. The van der Waals surface area contributed by atoms with E-state index in [2.05, 4.69) is 4.98 Å². The maximum atomic E-state index is 12.6. The van der Waals surface area contributed by atoms with Crippen molar-refractivity contribution in [3.8, 4) is 0 Å². The molecule has 0 atom stereocenters. The smallest absolute Gasteiger partial charge is 0.291 e. The van der Waals surface area contributed by atoms with Crippen LogP contribution in [0.1, 0.15) is 15.4 Å². The highest BCUT2D eigenvalue weighted by atomic mass is 32.2. The minimum atomic E-state index is -4.40. The third kappa shape index (κ3) is 3.56. The molecule has 1 aromatic heterocycles. The van der Waals surface area contributed by atoms with Gasteiger partial charge in [0.1, 0.15) is 9.88 Å². The number of hydrogen-bond acceptors (Lipinski definition) is 5. The minimum absolute atomic E-state index is 0.0541. The van der Waals surface area contributed by atoms with E-state index in [4.69, 9.17) is 0 Å². The topological polar surface area (TPSA) is 50.3 Å². The minimum Gasteiger partial charge on any atom is -0.291 e. The van der Waals surface area contributed by atoms with Crippen LogP contribution in [0.15, 0.2) is 35.4 Å². The molecule has 3 rings (SSSR count). The van der Waals surface area contributed by atoms with Gasteiger partial charge in [-0.25, -0.2) is 13.4 Å². The van der Waals surface area contributed by atoms with E-state index in [1.54, 1.807) is 24.3 Å². The zero-order chi connectivity index (χ0) is 16.7. The van der Waals surface area contributed by atoms with Crippen LogP contribution in [-0.2, 0) is 29.1 Å². The second-order valence-electron chi connectivity index (χ2n) is 5.25. The summed E-state index contributed by atoms with van der Waals surface area (Å²) in [6, 6.07) is 6.72. The highest BCUT2D eigenvalue weighted by Gasteiger charge is 2.33. The van der Waals surface area contributed by atoms with E-state index in [9.17, 15) is 21.6 Å². The van der Waals surface area contributed by atoms with Gasteiger partial charge in [0, 0.05) is 13.1 Å². The summed E-state index contributed by atoms with van der Waals surface area (Å²) in [4.78, 5) is 5.18. The van der Waals surface area contributed by atoms with Gasteiger partial charge >= 0.3 is 6.18 Å². The van der Waals surface area contributed by atoms with Crippen molar-refractivity contribution in [2.24, 2.45) is 0 Å². The summed E-state index contributed by atoms with van der Waals surface area (Å²) in [5, 5.41) is 0.328. The average molecular weight is 362 g/mol. The van der Waals surface area contributed by atoms with Gasteiger partial charge in [0.25, 0.3) is 0 Å². The van der Waals surface area contributed by atoms with Crippen LogP contribution in [0, 0.1) is 0 Å². The van der Waals surface area contributed by atoms with Crippen molar-refractivity contribution < 1.29 is 21.6 Å². The number of fused-ring (bicyclic) bond motifs is 1. The van der Waals surface area contributed by atoms with Crippen LogP contribution in [0.25, 0.3) is 0 Å². The molecule has 0 unspecified atom stereocenters. The SMILES string of the molecule is O=S1(=O)CCN(Cc2ncc(C(F)(F)F)s2)Cc2ccccc21. The van der Waals surface area contributed by atoms with E-state index < -0.39 is 20.9 Å². The summed E-state index contributed by atoms with van der Waals surface area (Å²) in [6.45, 7) is 0.832. The van der Waals surface area contributed by atoms with Crippen molar-refractivity contribution in [3.63, 3.8) is 0 Å². The van der Waals surface area contributed by atoms with Crippen LogP contribution in [-0.4, -0.2) is 30.6 Å². The van der Waals surface area contributed by atoms with E-state index >= 15 is 0 Å². The molecule has 0 fully saturated rings. The Morgan fingerprint density at radius 1 is 1.26 bits per heavy atom. The Labute approximate surface area is 135 Å². The number of sulfone groups is 1. The second kappa shape index (κ2) is 5.88. The molecule has 1 aliphatic rings. The number of alkyl halides is 3.